The summed E-state index contributed by atoms with van der Waals surface area (Å²) in [4.78, 5) is 13.3. The highest BCUT2D eigenvalue weighted by molar-refractivity contribution is 7.16. The number of nitro groups is 1. The molecule has 106 valence electrons. The van der Waals surface area contributed by atoms with Crippen LogP contribution in [-0.4, -0.2) is 22.1 Å². The normalized spacial score (nSPS) is 13.1. The van der Waals surface area contributed by atoms with Crippen LogP contribution in [-0.2, 0) is 0 Å². The first kappa shape index (κ1) is 15.7. The van der Waals surface area contributed by atoms with Crippen LogP contribution in [0, 0.1) is 10.1 Å². The van der Waals surface area contributed by atoms with Crippen molar-refractivity contribution in [2.24, 2.45) is 0 Å². The lowest BCUT2D eigenvalue weighted by Crippen LogP contribution is -2.41. The molecule has 0 unspecified atom stereocenters. The lowest BCUT2D eigenvalue weighted by atomic mass is 10.1. The first-order chi connectivity index (χ1) is 8.68. The van der Waals surface area contributed by atoms with Crippen LogP contribution in [0.2, 0.25) is 0 Å². The molecule has 0 bridgehead atoms. The van der Waals surface area contributed by atoms with Crippen LogP contribution in [0.5, 0.6) is 0 Å². The molecule has 0 fully saturated rings. The predicted molar refractivity (Wildman–Crippen MR) is 78.9 cm³/mol. The van der Waals surface area contributed by atoms with Crippen molar-refractivity contribution < 1.29 is 10.0 Å². The molecule has 1 rings (SSSR count). The molecule has 0 aliphatic rings. The second-order valence-corrected chi connectivity index (χ2v) is 6.40. The second kappa shape index (κ2) is 5.71. The van der Waals surface area contributed by atoms with Gasteiger partial charge in [-0.3, -0.25) is 10.1 Å². The Morgan fingerprint density at radius 3 is 2.58 bits per heavy atom. The molecule has 0 aromatic carbocycles. The zero-order chi connectivity index (χ0) is 14.8. The molecule has 1 N–H and O–H groups in total. The van der Waals surface area contributed by atoms with Crippen molar-refractivity contribution in [1.29, 1.82) is 0 Å². The van der Waals surface area contributed by atoms with Gasteiger partial charge < -0.3 is 10.0 Å². The molecule has 0 aliphatic carbocycles. The Balaban J connectivity index is 3.36. The Hall–Kier alpha value is -1.40. The van der Waals surface area contributed by atoms with E-state index in [4.69, 9.17) is 0 Å². The van der Waals surface area contributed by atoms with E-state index in [0.717, 1.165) is 0 Å². The SMILES string of the molecule is C=CCN(c1sc([C@@H](C)O)cc1[N+](=O)[O-])C(C)(C)C. The number of nitrogens with zero attached hydrogens (tertiary/aromatic N) is 2. The summed E-state index contributed by atoms with van der Waals surface area (Å²) in [6, 6.07) is 1.45. The number of anilines is 1. The molecule has 1 heterocycles. The lowest BCUT2D eigenvalue weighted by Gasteiger charge is -2.35. The van der Waals surface area contributed by atoms with Crippen LogP contribution < -0.4 is 4.90 Å². The second-order valence-electron chi connectivity index (χ2n) is 5.34. The Kier molecular flexibility index (Phi) is 4.70. The molecule has 0 aliphatic heterocycles. The highest BCUT2D eigenvalue weighted by Crippen LogP contribution is 2.42. The molecule has 19 heavy (non-hydrogen) atoms. The number of aliphatic hydroxyl groups excluding tert-OH is 1. The Morgan fingerprint density at radius 2 is 2.21 bits per heavy atom. The minimum absolute atomic E-state index is 0.0395. The van der Waals surface area contributed by atoms with Gasteiger partial charge in [-0.2, -0.15) is 0 Å². The molecule has 0 amide bonds. The van der Waals surface area contributed by atoms with Crippen molar-refractivity contribution in [2.75, 3.05) is 11.4 Å². The molecule has 6 heteroatoms. The van der Waals surface area contributed by atoms with E-state index in [-0.39, 0.29) is 11.2 Å². The third-order valence-electron chi connectivity index (χ3n) is 2.69. The van der Waals surface area contributed by atoms with E-state index in [0.29, 0.717) is 16.4 Å². The zero-order valence-corrected chi connectivity index (χ0v) is 12.5. The van der Waals surface area contributed by atoms with Gasteiger partial charge in [0.15, 0.2) is 5.00 Å². The monoisotopic (exact) mass is 284 g/mol. The number of hydrogen-bond donors (Lipinski definition) is 1. The van der Waals surface area contributed by atoms with Crippen molar-refractivity contribution in [3.8, 4) is 0 Å². The Morgan fingerprint density at radius 1 is 1.63 bits per heavy atom. The van der Waals surface area contributed by atoms with Crippen molar-refractivity contribution in [2.45, 2.75) is 39.3 Å². The summed E-state index contributed by atoms with van der Waals surface area (Å²) in [5.41, 5.74) is -0.225. The van der Waals surface area contributed by atoms with Gasteiger partial charge in [0.1, 0.15) is 0 Å². The summed E-state index contributed by atoms with van der Waals surface area (Å²) >= 11 is 1.26. The summed E-state index contributed by atoms with van der Waals surface area (Å²) < 4.78 is 0. The average molecular weight is 284 g/mol. The third kappa shape index (κ3) is 3.54. The zero-order valence-electron chi connectivity index (χ0n) is 11.7. The van der Waals surface area contributed by atoms with Crippen LogP contribution in [0.25, 0.3) is 0 Å². The summed E-state index contributed by atoms with van der Waals surface area (Å²) in [5, 5.41) is 21.3. The van der Waals surface area contributed by atoms with E-state index < -0.39 is 11.0 Å². The van der Waals surface area contributed by atoms with E-state index in [1.54, 1.807) is 13.0 Å². The molecule has 1 atom stereocenters. The summed E-state index contributed by atoms with van der Waals surface area (Å²) in [5.74, 6) is 0. The maximum absolute atomic E-state index is 11.2. The minimum Gasteiger partial charge on any atom is -0.388 e. The van der Waals surface area contributed by atoms with Gasteiger partial charge in [-0.05, 0) is 27.7 Å². The molecule has 0 spiro atoms. The fraction of sp³-hybridized carbons (Fsp3) is 0.538. The van der Waals surface area contributed by atoms with Crippen molar-refractivity contribution in [3.05, 3.63) is 33.7 Å². The van der Waals surface area contributed by atoms with Crippen molar-refractivity contribution in [3.63, 3.8) is 0 Å². The summed E-state index contributed by atoms with van der Waals surface area (Å²) in [6.07, 6.45) is 1.01. The van der Waals surface area contributed by atoms with Gasteiger partial charge in [0.05, 0.1) is 11.0 Å². The quantitative estimate of drug-likeness (QED) is 0.510. The first-order valence-electron chi connectivity index (χ1n) is 6.03. The van der Waals surface area contributed by atoms with Gasteiger partial charge in [0.2, 0.25) is 0 Å². The van der Waals surface area contributed by atoms with E-state index >= 15 is 0 Å². The van der Waals surface area contributed by atoms with Gasteiger partial charge in [-0.1, -0.05) is 6.08 Å². The first-order valence-corrected chi connectivity index (χ1v) is 6.85. The van der Waals surface area contributed by atoms with Gasteiger partial charge in [-0.15, -0.1) is 17.9 Å². The highest BCUT2D eigenvalue weighted by atomic mass is 32.1. The van der Waals surface area contributed by atoms with Gasteiger partial charge >= 0.3 is 5.69 Å². The number of thiophene rings is 1. The van der Waals surface area contributed by atoms with Crippen molar-refractivity contribution in [1.82, 2.24) is 0 Å². The Labute approximate surface area is 117 Å². The van der Waals surface area contributed by atoms with E-state index in [2.05, 4.69) is 6.58 Å². The largest absolute Gasteiger partial charge is 0.388 e. The molecule has 0 saturated carbocycles. The molecular weight excluding hydrogens is 264 g/mol. The molecular formula is C13H20N2O3S. The van der Waals surface area contributed by atoms with Gasteiger partial charge in [0, 0.05) is 23.0 Å². The minimum atomic E-state index is -0.706. The number of aliphatic hydroxyl groups is 1. The maximum Gasteiger partial charge on any atom is 0.304 e. The molecule has 1 aromatic rings. The van der Waals surface area contributed by atoms with Gasteiger partial charge in [0.25, 0.3) is 0 Å². The maximum atomic E-state index is 11.2. The molecule has 5 nitrogen and oxygen atoms in total. The predicted octanol–water partition coefficient (Wildman–Crippen LogP) is 3.50. The van der Waals surface area contributed by atoms with E-state index in [1.807, 2.05) is 25.7 Å². The molecule has 0 radical (unpaired) electrons. The van der Waals surface area contributed by atoms with E-state index in [1.165, 1.54) is 17.4 Å². The molecule has 1 aromatic heterocycles. The number of rotatable bonds is 5. The molecule has 0 saturated heterocycles. The fourth-order valence-corrected chi connectivity index (χ4v) is 2.97. The van der Waals surface area contributed by atoms with Crippen LogP contribution in [0.4, 0.5) is 10.7 Å². The van der Waals surface area contributed by atoms with Crippen LogP contribution in [0.15, 0.2) is 18.7 Å². The highest BCUT2D eigenvalue weighted by Gasteiger charge is 2.30. The average Bonchev–Trinajstić information content (AvgIpc) is 2.68. The Bertz CT molecular complexity index is 475. The van der Waals surface area contributed by atoms with Gasteiger partial charge in [-0.25, -0.2) is 0 Å². The van der Waals surface area contributed by atoms with Crippen LogP contribution in [0.3, 0.4) is 0 Å². The van der Waals surface area contributed by atoms with Crippen molar-refractivity contribution >= 4 is 22.0 Å². The summed E-state index contributed by atoms with van der Waals surface area (Å²) in [7, 11) is 0. The fourth-order valence-electron chi connectivity index (χ4n) is 1.71. The smallest absolute Gasteiger partial charge is 0.304 e. The van der Waals surface area contributed by atoms with Crippen LogP contribution in [0.1, 0.15) is 38.7 Å². The summed E-state index contributed by atoms with van der Waals surface area (Å²) in [6.45, 7) is 11.8. The lowest BCUT2D eigenvalue weighted by molar-refractivity contribution is -0.383. The van der Waals surface area contributed by atoms with Crippen LogP contribution >= 0.6 is 11.3 Å². The van der Waals surface area contributed by atoms with E-state index in [9.17, 15) is 15.2 Å². The number of hydrogen-bond acceptors (Lipinski definition) is 5. The standard InChI is InChI=1S/C13H20N2O3S/c1-6-7-14(13(3,4)5)12-10(15(17)18)8-11(19-12)9(2)16/h6,8-9,16H,1,7H2,2-5H3/t9-/m1/s1. The third-order valence-corrected chi connectivity index (χ3v) is 4.01. The topological polar surface area (TPSA) is 66.6 Å².